The maximum Gasteiger partial charge on any atom is 0.241 e. The average Bonchev–Trinajstić information content (AvgIpc) is 2.64. The summed E-state index contributed by atoms with van der Waals surface area (Å²) in [7, 11) is 0. The van der Waals surface area contributed by atoms with Crippen LogP contribution in [0.3, 0.4) is 0 Å². The van der Waals surface area contributed by atoms with Gasteiger partial charge < -0.3 is 10.6 Å². The Morgan fingerprint density at radius 1 is 1.57 bits per heavy atom. The highest BCUT2D eigenvalue weighted by Gasteiger charge is 2.36. The highest BCUT2D eigenvalue weighted by Crippen LogP contribution is 2.20. The van der Waals surface area contributed by atoms with Crippen molar-refractivity contribution in [3.63, 3.8) is 0 Å². The third kappa shape index (κ3) is 1.64. The van der Waals surface area contributed by atoms with Crippen molar-refractivity contribution in [2.24, 2.45) is 5.73 Å². The molecule has 2 saturated heterocycles. The van der Waals surface area contributed by atoms with Crippen molar-refractivity contribution in [2.45, 2.75) is 31.8 Å². The molecule has 0 saturated carbocycles. The van der Waals surface area contributed by atoms with E-state index < -0.39 is 0 Å². The first-order valence-corrected chi connectivity index (χ1v) is 5.50. The Morgan fingerprint density at radius 2 is 2.36 bits per heavy atom. The number of β-lactam (4-membered cyclic amide) rings is 1. The molecule has 2 fully saturated rings. The lowest BCUT2D eigenvalue weighted by Crippen LogP contribution is -2.63. The predicted molar refractivity (Wildman–Crippen MR) is 54.8 cm³/mol. The van der Waals surface area contributed by atoms with Crippen molar-refractivity contribution in [3.8, 4) is 0 Å². The summed E-state index contributed by atoms with van der Waals surface area (Å²) in [5.41, 5.74) is 5.55. The molecule has 0 aromatic heterocycles. The molecule has 2 unspecified atom stereocenters. The van der Waals surface area contributed by atoms with E-state index >= 15 is 0 Å². The van der Waals surface area contributed by atoms with Gasteiger partial charge in [0.05, 0.1) is 0 Å². The van der Waals surface area contributed by atoms with E-state index in [0.29, 0.717) is 6.04 Å². The minimum atomic E-state index is -0.216. The number of hydrogen-bond donors (Lipinski definition) is 1. The minimum Gasteiger partial charge on any atom is -0.338 e. The van der Waals surface area contributed by atoms with Gasteiger partial charge in [-0.25, -0.2) is 0 Å². The molecule has 2 heterocycles. The van der Waals surface area contributed by atoms with E-state index in [2.05, 4.69) is 11.8 Å². The number of hydrogen-bond acceptors (Lipinski definition) is 3. The van der Waals surface area contributed by atoms with Gasteiger partial charge in [-0.1, -0.05) is 6.92 Å². The van der Waals surface area contributed by atoms with Crippen LogP contribution in [0.15, 0.2) is 0 Å². The Morgan fingerprint density at radius 3 is 2.93 bits per heavy atom. The molecular weight excluding hydrogens is 178 g/mol. The zero-order chi connectivity index (χ0) is 10.1. The van der Waals surface area contributed by atoms with Crippen molar-refractivity contribution in [1.29, 1.82) is 0 Å². The van der Waals surface area contributed by atoms with Crippen LogP contribution < -0.4 is 5.73 Å². The minimum absolute atomic E-state index is 0.132. The molecule has 2 aliphatic heterocycles. The highest BCUT2D eigenvalue weighted by atomic mass is 16.2. The number of amides is 1. The summed E-state index contributed by atoms with van der Waals surface area (Å²) in [6.45, 7) is 6.11. The molecule has 2 rings (SSSR count). The standard InChI is InChI=1S/C10H19N3O/c1-2-12-5-3-4-8(12)6-13-7-9(11)10(13)14/h8-9H,2-7,11H2,1H3. The summed E-state index contributed by atoms with van der Waals surface area (Å²) in [6.07, 6.45) is 2.50. The zero-order valence-electron chi connectivity index (χ0n) is 8.78. The van der Waals surface area contributed by atoms with Crippen LogP contribution in [0.4, 0.5) is 0 Å². The van der Waals surface area contributed by atoms with E-state index in [1.165, 1.54) is 19.4 Å². The molecule has 0 bridgehead atoms. The predicted octanol–water partition coefficient (Wildman–Crippen LogP) is -0.360. The fraction of sp³-hybridized carbons (Fsp3) is 0.900. The van der Waals surface area contributed by atoms with Crippen LogP contribution in [0.1, 0.15) is 19.8 Å². The second-order valence-corrected chi connectivity index (χ2v) is 4.27. The Bertz CT molecular complexity index is 231. The van der Waals surface area contributed by atoms with Gasteiger partial charge in [-0.15, -0.1) is 0 Å². The molecule has 4 heteroatoms. The van der Waals surface area contributed by atoms with Gasteiger partial charge in [-0.3, -0.25) is 9.69 Å². The smallest absolute Gasteiger partial charge is 0.241 e. The van der Waals surface area contributed by atoms with Crippen LogP contribution in [0.2, 0.25) is 0 Å². The first kappa shape index (κ1) is 9.93. The average molecular weight is 197 g/mol. The molecule has 4 nitrogen and oxygen atoms in total. The van der Waals surface area contributed by atoms with Crippen LogP contribution >= 0.6 is 0 Å². The number of likely N-dealkylation sites (N-methyl/N-ethyl adjacent to an activating group) is 1. The summed E-state index contributed by atoms with van der Waals surface area (Å²) in [5.74, 6) is 0.132. The third-order valence-corrected chi connectivity index (χ3v) is 3.38. The molecule has 0 spiro atoms. The molecule has 0 aromatic rings. The van der Waals surface area contributed by atoms with Crippen molar-refractivity contribution >= 4 is 5.91 Å². The summed E-state index contributed by atoms with van der Waals surface area (Å²) in [5, 5.41) is 0. The van der Waals surface area contributed by atoms with E-state index in [4.69, 9.17) is 5.73 Å². The summed E-state index contributed by atoms with van der Waals surface area (Å²) in [6, 6.07) is 0.364. The Kier molecular flexibility index (Phi) is 2.74. The monoisotopic (exact) mass is 197 g/mol. The topological polar surface area (TPSA) is 49.6 Å². The highest BCUT2D eigenvalue weighted by molar-refractivity contribution is 5.87. The second-order valence-electron chi connectivity index (χ2n) is 4.27. The van der Waals surface area contributed by atoms with Gasteiger partial charge in [0.2, 0.25) is 5.91 Å². The Hall–Kier alpha value is -0.610. The molecule has 0 aromatic carbocycles. The molecule has 80 valence electrons. The number of likely N-dealkylation sites (tertiary alicyclic amines) is 2. The third-order valence-electron chi connectivity index (χ3n) is 3.38. The van der Waals surface area contributed by atoms with Gasteiger partial charge in [0.15, 0.2) is 0 Å². The normalized spacial score (nSPS) is 33.6. The van der Waals surface area contributed by atoms with Gasteiger partial charge in [0.1, 0.15) is 6.04 Å². The largest absolute Gasteiger partial charge is 0.338 e. The quantitative estimate of drug-likeness (QED) is 0.629. The van der Waals surface area contributed by atoms with Gasteiger partial charge in [0, 0.05) is 19.1 Å². The lowest BCUT2D eigenvalue weighted by Gasteiger charge is -2.39. The summed E-state index contributed by atoms with van der Waals surface area (Å²) >= 11 is 0. The first-order chi connectivity index (χ1) is 6.72. The lowest BCUT2D eigenvalue weighted by molar-refractivity contribution is -0.143. The molecule has 14 heavy (non-hydrogen) atoms. The molecule has 2 aliphatic rings. The zero-order valence-corrected chi connectivity index (χ0v) is 8.78. The number of carbonyl (C=O) groups excluding carboxylic acids is 1. The molecule has 1 amide bonds. The number of nitrogens with two attached hydrogens (primary N) is 1. The number of carbonyl (C=O) groups is 1. The van der Waals surface area contributed by atoms with Crippen molar-refractivity contribution < 1.29 is 4.79 Å². The molecule has 0 radical (unpaired) electrons. The molecule has 2 N–H and O–H groups in total. The van der Waals surface area contributed by atoms with E-state index in [0.717, 1.165) is 19.6 Å². The van der Waals surface area contributed by atoms with Crippen LogP contribution in [0.25, 0.3) is 0 Å². The van der Waals surface area contributed by atoms with Crippen LogP contribution in [-0.2, 0) is 4.79 Å². The Balaban J connectivity index is 1.83. The van der Waals surface area contributed by atoms with Crippen molar-refractivity contribution in [1.82, 2.24) is 9.80 Å². The van der Waals surface area contributed by atoms with Crippen molar-refractivity contribution in [3.05, 3.63) is 0 Å². The second kappa shape index (κ2) is 3.87. The van der Waals surface area contributed by atoms with E-state index in [1.807, 2.05) is 4.90 Å². The summed E-state index contributed by atoms with van der Waals surface area (Å²) < 4.78 is 0. The summed E-state index contributed by atoms with van der Waals surface area (Å²) in [4.78, 5) is 15.7. The molecular formula is C10H19N3O. The molecule has 0 aliphatic carbocycles. The van der Waals surface area contributed by atoms with E-state index in [1.54, 1.807) is 0 Å². The van der Waals surface area contributed by atoms with Gasteiger partial charge in [0.25, 0.3) is 0 Å². The maximum absolute atomic E-state index is 11.3. The molecule has 2 atom stereocenters. The SMILES string of the molecule is CCN1CCCC1CN1CC(N)C1=O. The van der Waals surface area contributed by atoms with Gasteiger partial charge in [-0.05, 0) is 25.9 Å². The van der Waals surface area contributed by atoms with E-state index in [-0.39, 0.29) is 11.9 Å². The number of nitrogens with zero attached hydrogens (tertiary/aromatic N) is 2. The van der Waals surface area contributed by atoms with Crippen LogP contribution in [0.5, 0.6) is 0 Å². The van der Waals surface area contributed by atoms with Gasteiger partial charge >= 0.3 is 0 Å². The van der Waals surface area contributed by atoms with Crippen LogP contribution in [0, 0.1) is 0 Å². The fourth-order valence-electron chi connectivity index (χ4n) is 2.46. The lowest BCUT2D eigenvalue weighted by atomic mass is 10.1. The fourth-order valence-corrected chi connectivity index (χ4v) is 2.46. The first-order valence-electron chi connectivity index (χ1n) is 5.50. The van der Waals surface area contributed by atoms with Crippen molar-refractivity contribution in [2.75, 3.05) is 26.2 Å². The van der Waals surface area contributed by atoms with E-state index in [9.17, 15) is 4.79 Å². The maximum atomic E-state index is 11.3. The Labute approximate surface area is 85.0 Å². The van der Waals surface area contributed by atoms with Gasteiger partial charge in [-0.2, -0.15) is 0 Å². The van der Waals surface area contributed by atoms with Crippen LogP contribution in [-0.4, -0.2) is 54.0 Å². The number of rotatable bonds is 3.